The van der Waals surface area contributed by atoms with E-state index in [1.165, 1.54) is 0 Å². The molecular weight excluding hydrogens is 460 g/mol. The molecule has 0 spiro atoms. The van der Waals surface area contributed by atoms with Gasteiger partial charge in [0.1, 0.15) is 0 Å². The summed E-state index contributed by atoms with van der Waals surface area (Å²) in [5.74, 6) is -0.0719. The lowest BCUT2D eigenvalue weighted by Crippen LogP contribution is -2.26. The fourth-order valence-corrected chi connectivity index (χ4v) is 5.26. The summed E-state index contributed by atoms with van der Waals surface area (Å²) in [4.78, 5) is 30.8. The number of amides is 2. The van der Waals surface area contributed by atoms with Gasteiger partial charge in [0, 0.05) is 46.4 Å². The second kappa shape index (κ2) is 11.1. The number of nitrogens with zero attached hydrogens (tertiary/aromatic N) is 2. The predicted octanol–water partition coefficient (Wildman–Crippen LogP) is 7.04. The van der Waals surface area contributed by atoms with Gasteiger partial charge in [-0.1, -0.05) is 58.0 Å². The van der Waals surface area contributed by atoms with Gasteiger partial charge in [0.15, 0.2) is 0 Å². The van der Waals surface area contributed by atoms with Crippen molar-refractivity contribution >= 4 is 44.8 Å². The van der Waals surface area contributed by atoms with E-state index in [0.29, 0.717) is 11.1 Å². The first-order chi connectivity index (χ1) is 16.5. The molecule has 4 aromatic rings. The first-order valence-corrected chi connectivity index (χ1v) is 12.9. The number of benzene rings is 4. The number of rotatable bonds is 7. The van der Waals surface area contributed by atoms with Crippen LogP contribution < -0.4 is 9.80 Å². The fraction of sp³-hybridized carbons (Fsp3) is 0.0714. The second-order valence-electron chi connectivity index (χ2n) is 7.61. The molecule has 0 aliphatic heterocycles. The normalized spacial score (nSPS) is 10.5. The zero-order valence-corrected chi connectivity index (χ0v) is 20.6. The quantitative estimate of drug-likeness (QED) is 0.264. The van der Waals surface area contributed by atoms with Gasteiger partial charge in [-0.3, -0.25) is 9.59 Å². The Hall–Kier alpha value is -3.48. The van der Waals surface area contributed by atoms with Crippen molar-refractivity contribution in [3.63, 3.8) is 0 Å². The van der Waals surface area contributed by atoms with Crippen LogP contribution >= 0.6 is 21.6 Å². The van der Waals surface area contributed by atoms with E-state index in [1.54, 1.807) is 45.5 Å². The summed E-state index contributed by atoms with van der Waals surface area (Å²) in [7, 11) is 6.87. The monoisotopic (exact) mass is 484 g/mol. The molecule has 0 radical (unpaired) electrons. The Morgan fingerprint density at radius 2 is 0.824 bits per heavy atom. The summed E-state index contributed by atoms with van der Waals surface area (Å²) < 4.78 is 0. The smallest absolute Gasteiger partial charge is 0.258 e. The lowest BCUT2D eigenvalue weighted by Gasteiger charge is -2.18. The molecule has 2 amide bonds. The lowest BCUT2D eigenvalue weighted by molar-refractivity contribution is 0.0985. The van der Waals surface area contributed by atoms with Crippen LogP contribution in [0.5, 0.6) is 0 Å². The van der Waals surface area contributed by atoms with Gasteiger partial charge in [-0.15, -0.1) is 0 Å². The molecule has 34 heavy (non-hydrogen) atoms. The summed E-state index contributed by atoms with van der Waals surface area (Å²) in [6.07, 6.45) is 0. The number of hydrogen-bond donors (Lipinski definition) is 0. The third-order valence-electron chi connectivity index (χ3n) is 5.33. The Kier molecular flexibility index (Phi) is 7.72. The van der Waals surface area contributed by atoms with Gasteiger partial charge in [0.05, 0.1) is 0 Å². The van der Waals surface area contributed by atoms with Gasteiger partial charge in [0.25, 0.3) is 11.8 Å². The Labute approximate surface area is 208 Å². The van der Waals surface area contributed by atoms with Crippen LogP contribution in [0.25, 0.3) is 0 Å². The van der Waals surface area contributed by atoms with Crippen LogP contribution in [-0.2, 0) is 0 Å². The summed E-state index contributed by atoms with van der Waals surface area (Å²) in [5, 5.41) is 0. The van der Waals surface area contributed by atoms with Crippen molar-refractivity contribution in [1.82, 2.24) is 0 Å². The summed E-state index contributed by atoms with van der Waals surface area (Å²) in [6.45, 7) is 0. The molecule has 0 aromatic heterocycles. The minimum Gasteiger partial charge on any atom is -0.311 e. The van der Waals surface area contributed by atoms with Gasteiger partial charge >= 0.3 is 0 Å². The Balaban J connectivity index is 1.34. The van der Waals surface area contributed by atoms with Crippen LogP contribution in [0.15, 0.2) is 119 Å². The van der Waals surface area contributed by atoms with Gasteiger partial charge in [-0.2, -0.15) is 0 Å². The van der Waals surface area contributed by atoms with Crippen LogP contribution in [-0.4, -0.2) is 25.9 Å². The van der Waals surface area contributed by atoms with Crippen LogP contribution in [0.3, 0.4) is 0 Å². The zero-order valence-electron chi connectivity index (χ0n) is 18.9. The first-order valence-electron chi connectivity index (χ1n) is 10.7. The first kappa shape index (κ1) is 23.7. The molecule has 0 heterocycles. The van der Waals surface area contributed by atoms with E-state index >= 15 is 0 Å². The molecule has 4 nitrogen and oxygen atoms in total. The molecule has 0 atom stereocenters. The van der Waals surface area contributed by atoms with Crippen LogP contribution in [0, 0.1) is 0 Å². The van der Waals surface area contributed by atoms with Crippen molar-refractivity contribution in [2.45, 2.75) is 9.79 Å². The number of carbonyl (C=O) groups excluding carboxylic acids is 2. The number of anilines is 2. The van der Waals surface area contributed by atoms with Gasteiger partial charge in [-0.05, 0) is 72.8 Å². The topological polar surface area (TPSA) is 40.6 Å². The minimum absolute atomic E-state index is 0.0359. The van der Waals surface area contributed by atoms with E-state index in [2.05, 4.69) is 0 Å². The molecule has 4 rings (SSSR count). The third kappa shape index (κ3) is 5.71. The maximum atomic E-state index is 12.6. The van der Waals surface area contributed by atoms with E-state index in [4.69, 9.17) is 0 Å². The van der Waals surface area contributed by atoms with Crippen molar-refractivity contribution in [1.29, 1.82) is 0 Å². The van der Waals surface area contributed by atoms with Crippen LogP contribution in [0.1, 0.15) is 20.7 Å². The third-order valence-corrected chi connectivity index (χ3v) is 7.75. The molecule has 4 aromatic carbocycles. The van der Waals surface area contributed by atoms with Crippen molar-refractivity contribution in [2.75, 3.05) is 23.9 Å². The summed E-state index contributed by atoms with van der Waals surface area (Å²) >= 11 is 0. The summed E-state index contributed by atoms with van der Waals surface area (Å²) in [6, 6.07) is 34.4. The molecule has 0 saturated carbocycles. The Bertz CT molecular complexity index is 1140. The highest BCUT2D eigenvalue weighted by atomic mass is 33.1. The highest BCUT2D eigenvalue weighted by Crippen LogP contribution is 2.38. The van der Waals surface area contributed by atoms with Crippen LogP contribution in [0.4, 0.5) is 11.4 Å². The highest BCUT2D eigenvalue weighted by Gasteiger charge is 2.14. The maximum Gasteiger partial charge on any atom is 0.258 e. The Morgan fingerprint density at radius 3 is 1.15 bits per heavy atom. The highest BCUT2D eigenvalue weighted by molar-refractivity contribution is 8.76. The van der Waals surface area contributed by atoms with E-state index in [9.17, 15) is 9.59 Å². The van der Waals surface area contributed by atoms with Crippen molar-refractivity contribution in [3.8, 4) is 0 Å². The Morgan fingerprint density at radius 1 is 0.500 bits per heavy atom. The standard InChI is InChI=1S/C28H24N2O2S2/c1-29(27(31)21-9-5-3-6-10-21)23-13-17-25(18-14-23)33-34-26-19-15-24(16-20-26)30(2)28(32)22-11-7-4-8-12-22/h3-20H,1-2H3. The number of hydrogen-bond acceptors (Lipinski definition) is 4. The maximum absolute atomic E-state index is 12.6. The predicted molar refractivity (Wildman–Crippen MR) is 143 cm³/mol. The van der Waals surface area contributed by atoms with E-state index in [1.807, 2.05) is 109 Å². The molecule has 0 saturated heterocycles. The van der Waals surface area contributed by atoms with E-state index < -0.39 is 0 Å². The fourth-order valence-electron chi connectivity index (χ4n) is 3.33. The average molecular weight is 485 g/mol. The van der Waals surface area contributed by atoms with Gasteiger partial charge in [-0.25, -0.2) is 0 Å². The molecule has 170 valence electrons. The summed E-state index contributed by atoms with van der Waals surface area (Å²) in [5.41, 5.74) is 3.02. The molecule has 0 N–H and O–H groups in total. The zero-order chi connectivity index (χ0) is 23.9. The molecule has 6 heteroatoms. The van der Waals surface area contributed by atoms with Crippen molar-refractivity contribution < 1.29 is 9.59 Å². The molecule has 0 aliphatic carbocycles. The molecule has 0 aliphatic rings. The second-order valence-corrected chi connectivity index (χ2v) is 9.89. The van der Waals surface area contributed by atoms with E-state index in [-0.39, 0.29) is 11.8 Å². The molecular formula is C28H24N2O2S2. The van der Waals surface area contributed by atoms with E-state index in [0.717, 1.165) is 21.2 Å². The molecule has 0 bridgehead atoms. The molecule has 0 unspecified atom stereocenters. The SMILES string of the molecule is CN(C(=O)c1ccccc1)c1ccc(SSc2ccc(N(C)C(=O)c3ccccc3)cc2)cc1. The largest absolute Gasteiger partial charge is 0.311 e. The van der Waals surface area contributed by atoms with Crippen molar-refractivity contribution in [3.05, 3.63) is 120 Å². The number of carbonyl (C=O) groups is 2. The van der Waals surface area contributed by atoms with Crippen LogP contribution in [0.2, 0.25) is 0 Å². The average Bonchev–Trinajstić information content (AvgIpc) is 2.92. The minimum atomic E-state index is -0.0359. The lowest BCUT2D eigenvalue weighted by atomic mass is 10.2. The van der Waals surface area contributed by atoms with Gasteiger partial charge < -0.3 is 9.80 Å². The molecule has 0 fully saturated rings. The van der Waals surface area contributed by atoms with Crippen molar-refractivity contribution in [2.24, 2.45) is 0 Å². The van der Waals surface area contributed by atoms with Gasteiger partial charge in [0.2, 0.25) is 0 Å².